The SMILES string of the molecule is CCCCCCCN=C(C)CC(C)C. The second-order valence-corrected chi connectivity index (χ2v) is 4.63. The summed E-state index contributed by atoms with van der Waals surface area (Å²) >= 11 is 0. The topological polar surface area (TPSA) is 12.4 Å². The van der Waals surface area contributed by atoms with Crippen molar-refractivity contribution >= 4 is 5.71 Å². The summed E-state index contributed by atoms with van der Waals surface area (Å²) in [6.07, 6.45) is 7.89. The number of unbranched alkanes of at least 4 members (excludes halogenated alkanes) is 4. The maximum atomic E-state index is 4.58. The van der Waals surface area contributed by atoms with Gasteiger partial charge in [0.15, 0.2) is 0 Å². The molecule has 0 heterocycles. The summed E-state index contributed by atoms with van der Waals surface area (Å²) in [6, 6.07) is 0. The Kier molecular flexibility index (Phi) is 9.02. The molecule has 0 aliphatic rings. The first kappa shape index (κ1) is 13.7. The van der Waals surface area contributed by atoms with Crippen LogP contribution in [-0.4, -0.2) is 12.3 Å². The summed E-state index contributed by atoms with van der Waals surface area (Å²) in [5, 5.41) is 0. The number of rotatable bonds is 8. The lowest BCUT2D eigenvalue weighted by atomic mass is 10.1. The molecule has 0 atom stereocenters. The van der Waals surface area contributed by atoms with E-state index in [1.807, 2.05) is 0 Å². The maximum Gasteiger partial charge on any atom is 0.0388 e. The van der Waals surface area contributed by atoms with Gasteiger partial charge >= 0.3 is 0 Å². The van der Waals surface area contributed by atoms with Crippen molar-refractivity contribution < 1.29 is 0 Å². The van der Waals surface area contributed by atoms with Crippen molar-refractivity contribution in [2.45, 2.75) is 66.2 Å². The molecule has 0 saturated heterocycles. The predicted octanol–water partition coefficient (Wildman–Crippen LogP) is 4.46. The van der Waals surface area contributed by atoms with Crippen LogP contribution >= 0.6 is 0 Å². The van der Waals surface area contributed by atoms with Gasteiger partial charge in [-0.3, -0.25) is 4.99 Å². The summed E-state index contributed by atoms with van der Waals surface area (Å²) in [6.45, 7) is 9.96. The van der Waals surface area contributed by atoms with Crippen molar-refractivity contribution in [3.63, 3.8) is 0 Å². The summed E-state index contributed by atoms with van der Waals surface area (Å²) in [7, 11) is 0. The lowest BCUT2D eigenvalue weighted by Gasteiger charge is -2.03. The van der Waals surface area contributed by atoms with Gasteiger partial charge in [0, 0.05) is 12.3 Å². The van der Waals surface area contributed by atoms with Gasteiger partial charge in [0.1, 0.15) is 0 Å². The Morgan fingerprint density at radius 2 is 1.71 bits per heavy atom. The van der Waals surface area contributed by atoms with E-state index < -0.39 is 0 Å². The molecule has 0 radical (unpaired) electrons. The van der Waals surface area contributed by atoms with Crippen molar-refractivity contribution in [1.82, 2.24) is 0 Å². The van der Waals surface area contributed by atoms with Gasteiger partial charge in [-0.2, -0.15) is 0 Å². The van der Waals surface area contributed by atoms with Crippen molar-refractivity contribution in [2.24, 2.45) is 10.9 Å². The highest BCUT2D eigenvalue weighted by Gasteiger charge is 1.96. The van der Waals surface area contributed by atoms with Crippen LogP contribution in [-0.2, 0) is 0 Å². The Hall–Kier alpha value is -0.330. The third-order valence-electron chi connectivity index (χ3n) is 2.35. The Labute approximate surface area is 90.0 Å². The Morgan fingerprint density at radius 1 is 1.07 bits per heavy atom. The zero-order chi connectivity index (χ0) is 10.8. The van der Waals surface area contributed by atoms with Crippen LogP contribution in [0.15, 0.2) is 4.99 Å². The lowest BCUT2D eigenvalue weighted by Crippen LogP contribution is -1.99. The van der Waals surface area contributed by atoms with Crippen LogP contribution in [0.25, 0.3) is 0 Å². The normalized spacial score (nSPS) is 12.5. The summed E-state index contributed by atoms with van der Waals surface area (Å²) < 4.78 is 0. The molecule has 0 aliphatic heterocycles. The van der Waals surface area contributed by atoms with E-state index in [1.54, 1.807) is 0 Å². The number of nitrogens with zero attached hydrogens (tertiary/aromatic N) is 1. The minimum absolute atomic E-state index is 0.749. The highest BCUT2D eigenvalue weighted by atomic mass is 14.7. The van der Waals surface area contributed by atoms with Crippen LogP contribution < -0.4 is 0 Å². The second kappa shape index (κ2) is 9.23. The largest absolute Gasteiger partial charge is 0.294 e. The molecule has 14 heavy (non-hydrogen) atoms. The molecule has 0 amide bonds. The molecule has 0 unspecified atom stereocenters. The highest BCUT2D eigenvalue weighted by molar-refractivity contribution is 5.81. The van der Waals surface area contributed by atoms with Gasteiger partial charge in [-0.05, 0) is 25.7 Å². The Balaban J connectivity index is 3.32. The molecule has 0 aromatic heterocycles. The zero-order valence-corrected chi connectivity index (χ0v) is 10.5. The van der Waals surface area contributed by atoms with Crippen LogP contribution in [0, 0.1) is 5.92 Å². The van der Waals surface area contributed by atoms with Crippen LogP contribution in [0.3, 0.4) is 0 Å². The van der Waals surface area contributed by atoms with Crippen LogP contribution in [0.2, 0.25) is 0 Å². The van der Waals surface area contributed by atoms with Gasteiger partial charge in [0.05, 0.1) is 0 Å². The minimum Gasteiger partial charge on any atom is -0.294 e. The molecule has 0 bridgehead atoms. The van der Waals surface area contributed by atoms with Crippen molar-refractivity contribution in [1.29, 1.82) is 0 Å². The predicted molar refractivity (Wildman–Crippen MR) is 66.2 cm³/mol. The quantitative estimate of drug-likeness (QED) is 0.402. The first-order valence-electron chi connectivity index (χ1n) is 6.16. The van der Waals surface area contributed by atoms with Crippen LogP contribution in [0.5, 0.6) is 0 Å². The fourth-order valence-corrected chi connectivity index (χ4v) is 1.64. The molecule has 0 aliphatic carbocycles. The molecule has 0 saturated carbocycles. The molecular weight excluding hydrogens is 170 g/mol. The molecule has 0 N–H and O–H groups in total. The van der Waals surface area contributed by atoms with E-state index in [9.17, 15) is 0 Å². The number of hydrogen-bond donors (Lipinski definition) is 0. The standard InChI is InChI=1S/C13H27N/c1-5-6-7-8-9-10-14-13(4)11-12(2)3/h12H,5-11H2,1-4H3. The fourth-order valence-electron chi connectivity index (χ4n) is 1.64. The van der Waals surface area contributed by atoms with Crippen molar-refractivity contribution in [3.05, 3.63) is 0 Å². The molecular formula is C13H27N. The minimum atomic E-state index is 0.749. The summed E-state index contributed by atoms with van der Waals surface area (Å²) in [4.78, 5) is 4.58. The van der Waals surface area contributed by atoms with Gasteiger partial charge in [-0.1, -0.05) is 46.5 Å². The van der Waals surface area contributed by atoms with Gasteiger partial charge in [0.25, 0.3) is 0 Å². The number of hydrogen-bond acceptors (Lipinski definition) is 1. The second-order valence-electron chi connectivity index (χ2n) is 4.63. The van der Waals surface area contributed by atoms with E-state index in [-0.39, 0.29) is 0 Å². The fraction of sp³-hybridized carbons (Fsp3) is 0.923. The van der Waals surface area contributed by atoms with Crippen LogP contribution in [0.1, 0.15) is 66.2 Å². The van der Waals surface area contributed by atoms with Crippen molar-refractivity contribution in [3.8, 4) is 0 Å². The molecule has 0 spiro atoms. The van der Waals surface area contributed by atoms with E-state index in [0.29, 0.717) is 0 Å². The first-order chi connectivity index (χ1) is 6.66. The highest BCUT2D eigenvalue weighted by Crippen LogP contribution is 2.04. The molecule has 0 aromatic rings. The zero-order valence-electron chi connectivity index (χ0n) is 10.5. The van der Waals surface area contributed by atoms with Crippen molar-refractivity contribution in [2.75, 3.05) is 6.54 Å². The van der Waals surface area contributed by atoms with E-state index in [0.717, 1.165) is 18.9 Å². The summed E-state index contributed by atoms with van der Waals surface area (Å²) in [5.41, 5.74) is 1.33. The average molecular weight is 197 g/mol. The molecule has 1 heteroatoms. The van der Waals surface area contributed by atoms with Crippen LogP contribution in [0.4, 0.5) is 0 Å². The first-order valence-corrected chi connectivity index (χ1v) is 6.16. The number of aliphatic imine (C=N–C) groups is 1. The molecule has 84 valence electrons. The Bertz CT molecular complexity index is 147. The monoisotopic (exact) mass is 197 g/mol. The lowest BCUT2D eigenvalue weighted by molar-refractivity contribution is 0.635. The van der Waals surface area contributed by atoms with Gasteiger partial charge in [-0.15, -0.1) is 0 Å². The van der Waals surface area contributed by atoms with Gasteiger partial charge in [0.2, 0.25) is 0 Å². The molecule has 0 rings (SSSR count). The van der Waals surface area contributed by atoms with E-state index >= 15 is 0 Å². The maximum absolute atomic E-state index is 4.58. The Morgan fingerprint density at radius 3 is 2.29 bits per heavy atom. The van der Waals surface area contributed by atoms with E-state index in [1.165, 1.54) is 37.8 Å². The third kappa shape index (κ3) is 9.76. The summed E-state index contributed by atoms with van der Waals surface area (Å²) in [5.74, 6) is 0.749. The van der Waals surface area contributed by atoms with E-state index in [4.69, 9.17) is 0 Å². The van der Waals surface area contributed by atoms with E-state index in [2.05, 4.69) is 32.7 Å². The van der Waals surface area contributed by atoms with Gasteiger partial charge in [-0.25, -0.2) is 0 Å². The average Bonchev–Trinajstić information content (AvgIpc) is 2.10. The smallest absolute Gasteiger partial charge is 0.0388 e. The third-order valence-corrected chi connectivity index (χ3v) is 2.35. The molecule has 0 aromatic carbocycles. The molecule has 1 nitrogen and oxygen atoms in total. The van der Waals surface area contributed by atoms with Gasteiger partial charge < -0.3 is 0 Å². The molecule has 0 fully saturated rings.